The molecule has 0 atom stereocenters. The number of likely N-dealkylation sites (tertiary alicyclic amines) is 1. The summed E-state index contributed by atoms with van der Waals surface area (Å²) in [6.07, 6.45) is 2.02. The van der Waals surface area contributed by atoms with Crippen LogP contribution in [0, 0.1) is 0 Å². The summed E-state index contributed by atoms with van der Waals surface area (Å²) in [5, 5.41) is 31.9. The molecule has 3 N–H and O–H groups in total. The molecule has 9 heteroatoms. The molecule has 2 amide bonds. The summed E-state index contributed by atoms with van der Waals surface area (Å²) < 4.78 is 1.55. The van der Waals surface area contributed by atoms with Crippen LogP contribution in [0.4, 0.5) is 0 Å². The maximum Gasteiger partial charge on any atom is 0.289 e. The van der Waals surface area contributed by atoms with E-state index in [1.54, 1.807) is 41.8 Å². The van der Waals surface area contributed by atoms with Crippen molar-refractivity contribution in [3.05, 3.63) is 53.3 Å². The number of carbonyl (C=O) groups is 2. The maximum atomic E-state index is 12.7. The molecule has 4 rings (SSSR count). The summed E-state index contributed by atoms with van der Waals surface area (Å²) in [5.41, 5.74) is 2.10. The van der Waals surface area contributed by atoms with Crippen LogP contribution in [0.15, 0.2) is 36.4 Å². The molecule has 0 saturated carbocycles. The highest BCUT2D eigenvalue weighted by atomic mass is 16.3. The van der Waals surface area contributed by atoms with Crippen LogP contribution in [0.2, 0.25) is 0 Å². The number of aromatic nitrogens is 3. The number of phenolic OH excluding ortho intramolecular Hbond substituents is 2. The van der Waals surface area contributed by atoms with E-state index in [2.05, 4.69) is 15.5 Å². The number of phenols is 2. The minimum absolute atomic E-state index is 0.00512. The molecule has 34 heavy (non-hydrogen) atoms. The lowest BCUT2D eigenvalue weighted by molar-refractivity contribution is 0.0792. The molecule has 2 aromatic carbocycles. The smallest absolute Gasteiger partial charge is 0.289 e. The zero-order chi connectivity index (χ0) is 24.4. The average molecular weight is 464 g/mol. The average Bonchev–Trinajstić information content (AvgIpc) is 3.49. The van der Waals surface area contributed by atoms with Gasteiger partial charge >= 0.3 is 0 Å². The van der Waals surface area contributed by atoms with Gasteiger partial charge in [0.05, 0.1) is 5.56 Å². The van der Waals surface area contributed by atoms with E-state index in [0.29, 0.717) is 28.9 Å². The Morgan fingerprint density at radius 1 is 1.03 bits per heavy atom. The second-order valence-corrected chi connectivity index (χ2v) is 8.67. The largest absolute Gasteiger partial charge is 0.508 e. The molecule has 0 unspecified atom stereocenters. The SMILES string of the molecule is CCNC(=O)c1nnc(-c2cc(C(C)C)c(O)cc2O)n1-c1ccc(C(=O)N2CCCC2)cc1. The Morgan fingerprint density at radius 3 is 2.32 bits per heavy atom. The van der Waals surface area contributed by atoms with Crippen molar-refractivity contribution in [1.29, 1.82) is 0 Å². The van der Waals surface area contributed by atoms with Crippen molar-refractivity contribution in [2.75, 3.05) is 19.6 Å². The van der Waals surface area contributed by atoms with Gasteiger partial charge in [0.1, 0.15) is 11.5 Å². The van der Waals surface area contributed by atoms with Crippen molar-refractivity contribution < 1.29 is 19.8 Å². The molecule has 178 valence electrons. The molecule has 0 aliphatic carbocycles. The van der Waals surface area contributed by atoms with E-state index in [0.717, 1.165) is 25.9 Å². The molecule has 0 radical (unpaired) electrons. The van der Waals surface area contributed by atoms with Crippen LogP contribution in [0.3, 0.4) is 0 Å². The number of hydrogen-bond acceptors (Lipinski definition) is 6. The Balaban J connectivity index is 1.82. The normalized spacial score (nSPS) is 13.5. The Hall–Kier alpha value is -3.88. The van der Waals surface area contributed by atoms with Crippen LogP contribution < -0.4 is 5.32 Å². The van der Waals surface area contributed by atoms with Gasteiger partial charge in [0.25, 0.3) is 11.8 Å². The number of benzene rings is 2. The van der Waals surface area contributed by atoms with Crippen LogP contribution in [0.25, 0.3) is 17.1 Å². The van der Waals surface area contributed by atoms with Gasteiger partial charge in [0, 0.05) is 37.0 Å². The van der Waals surface area contributed by atoms with Crippen molar-refractivity contribution >= 4 is 11.8 Å². The second-order valence-electron chi connectivity index (χ2n) is 8.67. The van der Waals surface area contributed by atoms with E-state index in [1.165, 1.54) is 6.07 Å². The monoisotopic (exact) mass is 463 g/mol. The lowest BCUT2D eigenvalue weighted by Gasteiger charge is -2.16. The molecule has 2 heterocycles. The summed E-state index contributed by atoms with van der Waals surface area (Å²) in [6, 6.07) is 9.84. The number of nitrogens with one attached hydrogen (secondary N) is 1. The van der Waals surface area contributed by atoms with Gasteiger partial charge < -0.3 is 20.4 Å². The highest BCUT2D eigenvalue weighted by Crippen LogP contribution is 2.38. The van der Waals surface area contributed by atoms with Gasteiger partial charge in [-0.1, -0.05) is 13.8 Å². The molecule has 1 aromatic heterocycles. The Morgan fingerprint density at radius 2 is 1.71 bits per heavy atom. The summed E-state index contributed by atoms with van der Waals surface area (Å²) in [7, 11) is 0. The molecule has 1 aliphatic heterocycles. The van der Waals surface area contributed by atoms with Gasteiger partial charge in [-0.2, -0.15) is 0 Å². The van der Waals surface area contributed by atoms with Crippen LogP contribution >= 0.6 is 0 Å². The minimum atomic E-state index is -0.416. The molecule has 1 aliphatic rings. The highest BCUT2D eigenvalue weighted by Gasteiger charge is 2.25. The molecule has 1 fully saturated rings. The fraction of sp³-hybridized carbons (Fsp3) is 0.360. The van der Waals surface area contributed by atoms with Crippen LogP contribution in [0.5, 0.6) is 11.5 Å². The van der Waals surface area contributed by atoms with E-state index in [4.69, 9.17) is 0 Å². The van der Waals surface area contributed by atoms with Gasteiger partial charge in [-0.25, -0.2) is 0 Å². The van der Waals surface area contributed by atoms with Crippen molar-refractivity contribution in [2.24, 2.45) is 0 Å². The molecule has 0 spiro atoms. The van der Waals surface area contributed by atoms with E-state index >= 15 is 0 Å². The summed E-state index contributed by atoms with van der Waals surface area (Å²) in [5.74, 6) is -0.340. The third-order valence-electron chi connectivity index (χ3n) is 5.98. The quantitative estimate of drug-likeness (QED) is 0.515. The van der Waals surface area contributed by atoms with Gasteiger partial charge in [0.15, 0.2) is 5.82 Å². The number of aromatic hydroxyl groups is 2. The fourth-order valence-electron chi connectivity index (χ4n) is 4.18. The fourth-order valence-corrected chi connectivity index (χ4v) is 4.18. The first kappa shape index (κ1) is 23.3. The molecule has 9 nitrogen and oxygen atoms in total. The van der Waals surface area contributed by atoms with Crippen molar-refractivity contribution in [1.82, 2.24) is 25.0 Å². The van der Waals surface area contributed by atoms with Crippen molar-refractivity contribution in [2.45, 2.75) is 39.5 Å². The van der Waals surface area contributed by atoms with E-state index in [9.17, 15) is 19.8 Å². The molecule has 1 saturated heterocycles. The van der Waals surface area contributed by atoms with E-state index < -0.39 is 5.91 Å². The van der Waals surface area contributed by atoms with Crippen LogP contribution in [-0.2, 0) is 0 Å². The lowest BCUT2D eigenvalue weighted by Crippen LogP contribution is -2.27. The number of carbonyl (C=O) groups excluding carboxylic acids is 2. The predicted octanol–water partition coefficient (Wildman–Crippen LogP) is 3.45. The van der Waals surface area contributed by atoms with Crippen LogP contribution in [0.1, 0.15) is 66.1 Å². The van der Waals surface area contributed by atoms with Crippen molar-refractivity contribution in [3.63, 3.8) is 0 Å². The Labute approximate surface area is 198 Å². The summed E-state index contributed by atoms with van der Waals surface area (Å²) >= 11 is 0. The number of amides is 2. The summed E-state index contributed by atoms with van der Waals surface area (Å²) in [4.78, 5) is 27.3. The minimum Gasteiger partial charge on any atom is -0.508 e. The maximum absolute atomic E-state index is 12.7. The lowest BCUT2D eigenvalue weighted by atomic mass is 9.98. The standard InChI is InChI=1S/C25H29N5O4/c1-4-26-24(33)23-28-27-22(19-13-18(15(2)3)20(31)14-21(19)32)30(23)17-9-7-16(8-10-17)25(34)29-11-5-6-12-29/h7-10,13-15,31-32H,4-6,11-12H2,1-3H3,(H,26,33). The van der Waals surface area contributed by atoms with Gasteiger partial charge in [0.2, 0.25) is 5.82 Å². The van der Waals surface area contributed by atoms with Gasteiger partial charge in [-0.05, 0) is 61.6 Å². The van der Waals surface area contributed by atoms with Crippen molar-refractivity contribution in [3.8, 4) is 28.6 Å². The third kappa shape index (κ3) is 4.33. The highest BCUT2D eigenvalue weighted by molar-refractivity contribution is 5.95. The van der Waals surface area contributed by atoms with Gasteiger partial charge in [-0.15, -0.1) is 10.2 Å². The Bertz CT molecular complexity index is 1210. The van der Waals surface area contributed by atoms with Gasteiger partial charge in [-0.3, -0.25) is 14.2 Å². The number of hydrogen-bond donors (Lipinski definition) is 3. The van der Waals surface area contributed by atoms with E-state index in [1.807, 2.05) is 18.7 Å². The summed E-state index contributed by atoms with van der Waals surface area (Å²) in [6.45, 7) is 7.59. The molecular formula is C25H29N5O4. The zero-order valence-corrected chi connectivity index (χ0v) is 19.6. The van der Waals surface area contributed by atoms with E-state index in [-0.39, 0.29) is 35.0 Å². The Kier molecular flexibility index (Phi) is 6.54. The molecular weight excluding hydrogens is 434 g/mol. The number of rotatable bonds is 6. The zero-order valence-electron chi connectivity index (χ0n) is 19.6. The second kappa shape index (κ2) is 9.54. The first-order valence-corrected chi connectivity index (χ1v) is 11.5. The number of nitrogens with zero attached hydrogens (tertiary/aromatic N) is 4. The first-order valence-electron chi connectivity index (χ1n) is 11.5. The predicted molar refractivity (Wildman–Crippen MR) is 127 cm³/mol. The third-order valence-corrected chi connectivity index (χ3v) is 5.98. The topological polar surface area (TPSA) is 121 Å². The molecule has 0 bridgehead atoms. The molecule has 3 aromatic rings. The first-order chi connectivity index (χ1) is 16.3. The van der Waals surface area contributed by atoms with Crippen LogP contribution in [-0.4, -0.2) is 61.3 Å².